The average Bonchev–Trinajstić information content (AvgIpc) is 0.884. The van der Waals surface area contributed by atoms with Crippen molar-refractivity contribution in [2.24, 2.45) is 0 Å². The predicted molar refractivity (Wildman–Crippen MR) is 555 cm³/mol. The zero-order chi connectivity index (χ0) is 111. The number of hydrogen-bond donors (Lipinski definition) is 0. The van der Waals surface area contributed by atoms with Gasteiger partial charge in [-0.1, -0.05) is 372 Å². The maximum Gasteiger partial charge on any atom is 0.252 e. The molecule has 638 valence electrons. The molecular weight excluding hydrogens is 1550 g/mol. The zero-order valence-corrected chi connectivity index (χ0v) is 77.8. The van der Waals surface area contributed by atoms with Gasteiger partial charge >= 0.3 is 0 Å². The molecule has 128 heavy (non-hydrogen) atoms. The van der Waals surface area contributed by atoms with Gasteiger partial charge in [0.25, 0.3) is 6.71 Å². The minimum atomic E-state index is -1.15. The maximum atomic E-state index is 10.7. The van der Waals surface area contributed by atoms with Gasteiger partial charge in [0.15, 0.2) is 0 Å². The van der Waals surface area contributed by atoms with Crippen LogP contribution in [0.25, 0.3) is 127 Å². The highest BCUT2D eigenvalue weighted by Gasteiger charge is 2.48. The van der Waals surface area contributed by atoms with Crippen molar-refractivity contribution in [2.75, 3.05) is 9.80 Å². The molecule has 0 saturated heterocycles. The Morgan fingerprint density at radius 3 is 0.922 bits per heavy atom. The van der Waals surface area contributed by atoms with Gasteiger partial charge in [-0.3, -0.25) is 0 Å². The van der Waals surface area contributed by atoms with Crippen LogP contribution >= 0.6 is 0 Å². The Morgan fingerprint density at radius 1 is 0.227 bits per heavy atom. The zero-order valence-electron chi connectivity index (χ0n) is 102. The Kier molecular flexibility index (Phi) is 13.8. The van der Waals surface area contributed by atoms with Crippen LogP contribution in [0.2, 0.25) is 0 Å². The molecule has 6 heteroatoms. The molecule has 0 aliphatic carbocycles. The van der Waals surface area contributed by atoms with Crippen LogP contribution in [0.15, 0.2) is 303 Å². The van der Waals surface area contributed by atoms with Gasteiger partial charge in [0.1, 0.15) is 0 Å². The standard InChI is InChI=1S/C122H122BN5/c1-115(2,3)76-55-53-75(54-56-76)92-66-79(118(10,11)12)69-96(93-65-77(116(4,5)6)58-62-98(93)121(19,20)21)113(92)127-108-71-81(124-102-47-33-26-40-86(102)87-41-27-34-48-103(87)124)59-63-100(108)123-101-64-60-82(125-104-49-35-28-42-88(104)89-43-29-36-50-105(89)125)72-109(101)128(111-74-83(73-110(127)112(111)123)126-106-51-37-30-44-90(106)91-45-31-38-52-107(91)126)114-94(84-39-25-32-46-97(84)120(16,17)18)67-80(119(13,14)15)68-95(114)85-61-57-78(117(7,8)9)70-99(85)122(22,23)24/h25-74H,1-24H3/i26D,27D,28D,29D,30D,31D,33D,34D,35D,36D,37D,38D,40D,41D,42D,43D,44D,45D,47D,48D,49D,50D,51D,52D. The third-order valence-electron chi connectivity index (χ3n) is 26.3. The lowest BCUT2D eigenvalue weighted by atomic mass is 9.33. The molecule has 5 heterocycles. The van der Waals surface area contributed by atoms with Gasteiger partial charge < -0.3 is 23.5 Å². The summed E-state index contributed by atoms with van der Waals surface area (Å²) in [6, 6.07) is 39.2. The second kappa shape index (κ2) is 29.5. The summed E-state index contributed by atoms with van der Waals surface area (Å²) in [6.07, 6.45) is 0. The lowest BCUT2D eigenvalue weighted by Crippen LogP contribution is -2.61. The van der Waals surface area contributed by atoms with E-state index in [-0.39, 0.29) is 87.9 Å². The van der Waals surface area contributed by atoms with E-state index in [1.54, 1.807) is 12.1 Å². The Labute approximate surface area is 793 Å². The molecule has 15 aromatic carbocycles. The molecule has 0 saturated carbocycles. The molecule has 0 bridgehead atoms. The summed E-state index contributed by atoms with van der Waals surface area (Å²) in [5.74, 6) is 0. The summed E-state index contributed by atoms with van der Waals surface area (Å²) in [4.78, 5) is 4.39. The number of para-hydroxylation sites is 6. The first-order chi connectivity index (χ1) is 70.5. The fourth-order valence-corrected chi connectivity index (χ4v) is 19.6. The molecule has 0 unspecified atom stereocenters. The van der Waals surface area contributed by atoms with Crippen molar-refractivity contribution in [3.63, 3.8) is 0 Å². The van der Waals surface area contributed by atoms with Crippen molar-refractivity contribution in [1.29, 1.82) is 0 Å². The second-order valence-electron chi connectivity index (χ2n) is 43.3. The van der Waals surface area contributed by atoms with Crippen LogP contribution in [0.5, 0.6) is 0 Å². The number of nitrogens with zero attached hydrogens (tertiary/aromatic N) is 5. The van der Waals surface area contributed by atoms with Crippen LogP contribution in [-0.4, -0.2) is 20.4 Å². The second-order valence-corrected chi connectivity index (χ2v) is 43.3. The van der Waals surface area contributed by atoms with Crippen LogP contribution in [0.3, 0.4) is 0 Å². The van der Waals surface area contributed by atoms with E-state index in [9.17, 15) is 32.9 Å². The smallest absolute Gasteiger partial charge is 0.252 e. The normalized spacial score (nSPS) is 16.2. The van der Waals surface area contributed by atoms with Crippen LogP contribution in [0, 0.1) is 0 Å². The van der Waals surface area contributed by atoms with E-state index in [1.807, 2.05) is 48.5 Å². The molecule has 0 atom stereocenters. The highest BCUT2D eigenvalue weighted by atomic mass is 15.2. The predicted octanol–water partition coefficient (Wildman–Crippen LogP) is 32.1. The summed E-state index contributed by atoms with van der Waals surface area (Å²) < 4.78 is 243. The van der Waals surface area contributed by atoms with Crippen LogP contribution in [0.1, 0.15) is 244 Å². The van der Waals surface area contributed by atoms with Crippen molar-refractivity contribution >= 4 is 123 Å². The molecule has 0 radical (unpaired) electrons. The first-order valence-electron chi connectivity index (χ1n) is 56.5. The van der Waals surface area contributed by atoms with Crippen LogP contribution in [-0.2, 0) is 43.3 Å². The molecular formula is C122H122BN5. The number of hydrogen-bond acceptors (Lipinski definition) is 2. The molecule has 5 nitrogen and oxygen atoms in total. The van der Waals surface area contributed by atoms with Gasteiger partial charge in [0, 0.05) is 88.7 Å². The number of benzene rings is 15. The van der Waals surface area contributed by atoms with Crippen molar-refractivity contribution < 1.29 is 32.9 Å². The Balaban J connectivity index is 1.13. The molecule has 2 aliphatic rings. The fourth-order valence-electron chi connectivity index (χ4n) is 19.6. The third-order valence-corrected chi connectivity index (χ3v) is 26.3. The Hall–Kier alpha value is -12.6. The quantitative estimate of drug-likeness (QED) is 0.134. The summed E-state index contributed by atoms with van der Waals surface area (Å²) in [5.41, 5.74) is 12.0. The topological polar surface area (TPSA) is 21.3 Å². The average molecular weight is 1690 g/mol. The van der Waals surface area contributed by atoms with Crippen molar-refractivity contribution in [3.05, 3.63) is 347 Å². The maximum absolute atomic E-state index is 10.7. The molecule has 18 aromatic rings. The Morgan fingerprint density at radius 2 is 0.531 bits per heavy atom. The van der Waals surface area contributed by atoms with Gasteiger partial charge in [-0.05, 0) is 223 Å². The minimum Gasteiger partial charge on any atom is -0.310 e. The SMILES string of the molecule is [2H]c1c([2H])c([2H])c2c(c1[2H])c1c([2H])c([2H])c([2H])c([2H])c1n2-c1ccc2c(c1)N(c1c(-c3ccc(C(C)(C)C)cc3)cc(C(C)(C)C)cc1-c1cc(C(C)(C)C)ccc1C(C)(C)C)c1cc(-n3c4c([2H])c([2H])c([2H])c([2H])c4c4c([2H])c([2H])c([2H])c([2H])c43)cc3c1B2c1ccc(-n2c4c([2H])c([2H])c([2H])c([2H])c4c4c([2H])c([2H])c([2H])c([2H])c42)cc1N3c1c(-c2ccccc2C(C)(C)C)cc(C(C)(C)C)cc1-c1ccc(C(C)(C)C)cc1C(C)(C)C. The Bertz CT molecular complexity index is 8890. The van der Waals surface area contributed by atoms with Gasteiger partial charge in [-0.15, -0.1) is 0 Å². The van der Waals surface area contributed by atoms with Gasteiger partial charge in [-0.25, -0.2) is 0 Å². The van der Waals surface area contributed by atoms with Gasteiger partial charge in [-0.2, -0.15) is 0 Å². The van der Waals surface area contributed by atoms with Gasteiger partial charge in [0.2, 0.25) is 0 Å². The highest BCUT2D eigenvalue weighted by molar-refractivity contribution is 7.00. The van der Waals surface area contributed by atoms with Crippen molar-refractivity contribution in [2.45, 2.75) is 209 Å². The molecule has 3 aromatic heterocycles. The molecule has 20 rings (SSSR count). The summed E-state index contributed by atoms with van der Waals surface area (Å²) in [7, 11) is 0. The molecule has 0 spiro atoms. The van der Waals surface area contributed by atoms with E-state index in [4.69, 9.17) is 0 Å². The van der Waals surface area contributed by atoms with E-state index in [0.29, 0.717) is 72.8 Å². The van der Waals surface area contributed by atoms with E-state index in [1.165, 1.54) is 13.7 Å². The first-order valence-corrected chi connectivity index (χ1v) is 44.5. The molecule has 0 N–H and O–H groups in total. The summed E-state index contributed by atoms with van der Waals surface area (Å²) >= 11 is 0. The fraction of sp³-hybridized carbons (Fsp3) is 0.262. The van der Waals surface area contributed by atoms with E-state index < -0.39 is 190 Å². The van der Waals surface area contributed by atoms with E-state index in [0.717, 1.165) is 66.8 Å². The summed E-state index contributed by atoms with van der Waals surface area (Å²) in [6.45, 7) is 50.9. The number of rotatable bonds is 9. The van der Waals surface area contributed by atoms with Crippen molar-refractivity contribution in [1.82, 2.24) is 13.7 Å². The molecule has 0 fully saturated rings. The lowest BCUT2D eigenvalue weighted by Gasteiger charge is -2.46. The number of anilines is 6. The summed E-state index contributed by atoms with van der Waals surface area (Å²) in [5, 5.41) is -1.20. The number of aromatic nitrogens is 3. The van der Waals surface area contributed by atoms with E-state index in [2.05, 4.69) is 273 Å². The monoisotopic (exact) mass is 1690 g/mol. The van der Waals surface area contributed by atoms with E-state index >= 15 is 0 Å². The molecule has 0 amide bonds. The van der Waals surface area contributed by atoms with Crippen molar-refractivity contribution in [3.8, 4) is 61.6 Å². The van der Waals surface area contributed by atoms with Crippen LogP contribution in [0.4, 0.5) is 34.1 Å². The highest BCUT2D eigenvalue weighted by Crippen LogP contribution is 2.59. The largest absolute Gasteiger partial charge is 0.310 e. The molecule has 2 aliphatic heterocycles. The minimum absolute atomic E-state index is 0.0639. The van der Waals surface area contributed by atoms with Gasteiger partial charge in [0.05, 0.1) is 83.1 Å². The number of fused-ring (bicyclic) bond motifs is 13. The van der Waals surface area contributed by atoms with Crippen LogP contribution < -0.4 is 26.2 Å². The lowest BCUT2D eigenvalue weighted by molar-refractivity contribution is 0.569. The first kappa shape index (κ1) is 60.2. The third kappa shape index (κ3) is 13.8.